The van der Waals surface area contributed by atoms with Crippen LogP contribution < -0.4 is 5.32 Å². The Kier molecular flexibility index (Phi) is 2.02. The van der Waals surface area contributed by atoms with Crippen molar-refractivity contribution < 1.29 is 4.79 Å². The van der Waals surface area contributed by atoms with Crippen LogP contribution in [-0.4, -0.2) is 30.1 Å². The van der Waals surface area contributed by atoms with Crippen LogP contribution in [0.5, 0.6) is 0 Å². The van der Waals surface area contributed by atoms with E-state index in [2.05, 4.69) is 17.5 Å². The van der Waals surface area contributed by atoms with Crippen molar-refractivity contribution in [3.8, 4) is 0 Å². The first-order valence-electron chi connectivity index (χ1n) is 4.59. The SMILES string of the molecule is O=C1NCCCC2C=CCCN12. The first kappa shape index (κ1) is 7.65. The molecule has 2 amide bonds. The van der Waals surface area contributed by atoms with Crippen LogP contribution in [0.25, 0.3) is 0 Å². The summed E-state index contributed by atoms with van der Waals surface area (Å²) in [5, 5.41) is 2.90. The molecule has 0 aromatic carbocycles. The maximum Gasteiger partial charge on any atom is 0.317 e. The van der Waals surface area contributed by atoms with Gasteiger partial charge in [0.05, 0.1) is 6.04 Å². The van der Waals surface area contributed by atoms with E-state index >= 15 is 0 Å². The average Bonchev–Trinajstić information content (AvgIpc) is 2.29. The van der Waals surface area contributed by atoms with Crippen molar-refractivity contribution >= 4 is 6.03 Å². The molecule has 1 fully saturated rings. The highest BCUT2D eigenvalue weighted by Gasteiger charge is 2.25. The molecule has 12 heavy (non-hydrogen) atoms. The molecule has 1 unspecified atom stereocenters. The largest absolute Gasteiger partial charge is 0.338 e. The fraction of sp³-hybridized carbons (Fsp3) is 0.667. The zero-order valence-corrected chi connectivity index (χ0v) is 7.12. The first-order chi connectivity index (χ1) is 5.88. The van der Waals surface area contributed by atoms with Gasteiger partial charge in [0.15, 0.2) is 0 Å². The lowest BCUT2D eigenvalue weighted by atomic mass is 10.1. The molecule has 0 saturated carbocycles. The van der Waals surface area contributed by atoms with E-state index in [1.807, 2.05) is 4.90 Å². The second kappa shape index (κ2) is 3.17. The monoisotopic (exact) mass is 166 g/mol. The van der Waals surface area contributed by atoms with Gasteiger partial charge in [-0.05, 0) is 19.3 Å². The summed E-state index contributed by atoms with van der Waals surface area (Å²) < 4.78 is 0. The predicted molar refractivity (Wildman–Crippen MR) is 46.9 cm³/mol. The van der Waals surface area contributed by atoms with Gasteiger partial charge >= 0.3 is 6.03 Å². The van der Waals surface area contributed by atoms with E-state index in [1.165, 1.54) is 0 Å². The molecule has 0 aromatic heterocycles. The normalized spacial score (nSPS) is 29.2. The standard InChI is InChI=1S/C9H14N2O/c12-9-10-6-3-5-8-4-1-2-7-11(8)9/h1,4,8H,2-3,5-7H2,(H,10,12). The van der Waals surface area contributed by atoms with Gasteiger partial charge < -0.3 is 10.2 Å². The molecule has 0 bridgehead atoms. The van der Waals surface area contributed by atoms with E-state index in [9.17, 15) is 4.79 Å². The Labute approximate surface area is 72.4 Å². The number of rotatable bonds is 0. The Balaban J connectivity index is 2.14. The molecule has 2 aliphatic heterocycles. The van der Waals surface area contributed by atoms with Crippen molar-refractivity contribution in [1.29, 1.82) is 0 Å². The molecule has 1 saturated heterocycles. The summed E-state index contributed by atoms with van der Waals surface area (Å²) in [7, 11) is 0. The summed E-state index contributed by atoms with van der Waals surface area (Å²) >= 11 is 0. The third kappa shape index (κ3) is 1.31. The van der Waals surface area contributed by atoms with Crippen LogP contribution in [0, 0.1) is 0 Å². The number of nitrogens with zero attached hydrogens (tertiary/aromatic N) is 1. The van der Waals surface area contributed by atoms with Gasteiger partial charge in [0.25, 0.3) is 0 Å². The second-order valence-electron chi connectivity index (χ2n) is 3.35. The van der Waals surface area contributed by atoms with Crippen LogP contribution in [0.3, 0.4) is 0 Å². The van der Waals surface area contributed by atoms with Gasteiger partial charge in [0.1, 0.15) is 0 Å². The zero-order valence-electron chi connectivity index (χ0n) is 7.12. The Morgan fingerprint density at radius 2 is 2.50 bits per heavy atom. The van der Waals surface area contributed by atoms with Gasteiger partial charge in [-0.1, -0.05) is 12.2 Å². The summed E-state index contributed by atoms with van der Waals surface area (Å²) in [4.78, 5) is 13.4. The van der Waals surface area contributed by atoms with Crippen molar-refractivity contribution in [3.05, 3.63) is 12.2 Å². The number of hydrogen-bond donors (Lipinski definition) is 1. The molecule has 2 aliphatic rings. The summed E-state index contributed by atoms with van der Waals surface area (Å²) in [5.74, 6) is 0. The molecule has 0 spiro atoms. The molecular formula is C9H14N2O. The van der Waals surface area contributed by atoms with Gasteiger partial charge in [0, 0.05) is 13.1 Å². The molecule has 0 aromatic rings. The van der Waals surface area contributed by atoms with Gasteiger partial charge in [-0.25, -0.2) is 4.79 Å². The second-order valence-corrected chi connectivity index (χ2v) is 3.35. The molecule has 2 rings (SSSR count). The lowest BCUT2D eigenvalue weighted by Crippen LogP contribution is -2.44. The Morgan fingerprint density at radius 3 is 3.42 bits per heavy atom. The van der Waals surface area contributed by atoms with Gasteiger partial charge in [-0.15, -0.1) is 0 Å². The smallest absolute Gasteiger partial charge is 0.317 e. The number of carbonyl (C=O) groups is 1. The third-order valence-corrected chi connectivity index (χ3v) is 2.51. The van der Waals surface area contributed by atoms with E-state index in [0.717, 1.165) is 32.4 Å². The maximum absolute atomic E-state index is 11.4. The number of amides is 2. The van der Waals surface area contributed by atoms with Crippen LogP contribution >= 0.6 is 0 Å². The summed E-state index contributed by atoms with van der Waals surface area (Å²) in [6, 6.07) is 0.475. The van der Waals surface area contributed by atoms with Gasteiger partial charge in [-0.3, -0.25) is 0 Å². The quantitative estimate of drug-likeness (QED) is 0.537. The fourth-order valence-electron chi connectivity index (χ4n) is 1.85. The molecule has 1 atom stereocenters. The Hall–Kier alpha value is -0.990. The summed E-state index contributed by atoms with van der Waals surface area (Å²) in [6.07, 6.45) is 7.55. The van der Waals surface area contributed by atoms with Crippen molar-refractivity contribution in [1.82, 2.24) is 10.2 Å². The number of nitrogens with one attached hydrogen (secondary N) is 1. The molecule has 2 heterocycles. The molecule has 1 N–H and O–H groups in total. The van der Waals surface area contributed by atoms with Crippen molar-refractivity contribution in [2.75, 3.05) is 13.1 Å². The highest BCUT2D eigenvalue weighted by atomic mass is 16.2. The summed E-state index contributed by atoms with van der Waals surface area (Å²) in [5.41, 5.74) is 0. The van der Waals surface area contributed by atoms with Crippen molar-refractivity contribution in [2.24, 2.45) is 0 Å². The third-order valence-electron chi connectivity index (χ3n) is 2.51. The number of hydrogen-bond acceptors (Lipinski definition) is 1. The molecule has 0 radical (unpaired) electrons. The van der Waals surface area contributed by atoms with Crippen LogP contribution in [0.2, 0.25) is 0 Å². The van der Waals surface area contributed by atoms with E-state index in [0.29, 0.717) is 6.04 Å². The molecule has 3 nitrogen and oxygen atoms in total. The van der Waals surface area contributed by atoms with Crippen LogP contribution in [0.15, 0.2) is 12.2 Å². The lowest BCUT2D eigenvalue weighted by molar-refractivity contribution is 0.188. The average molecular weight is 166 g/mol. The first-order valence-corrected chi connectivity index (χ1v) is 4.59. The molecule has 3 heteroatoms. The van der Waals surface area contributed by atoms with E-state index in [-0.39, 0.29) is 6.03 Å². The Bertz CT molecular complexity index is 213. The molecule has 0 aliphatic carbocycles. The number of urea groups is 1. The fourth-order valence-corrected chi connectivity index (χ4v) is 1.85. The number of fused-ring (bicyclic) bond motifs is 1. The van der Waals surface area contributed by atoms with Gasteiger partial charge in [-0.2, -0.15) is 0 Å². The summed E-state index contributed by atoms with van der Waals surface area (Å²) in [6.45, 7) is 1.71. The zero-order chi connectivity index (χ0) is 8.39. The maximum atomic E-state index is 11.4. The van der Waals surface area contributed by atoms with E-state index in [1.54, 1.807) is 0 Å². The minimum absolute atomic E-state index is 0.113. The topological polar surface area (TPSA) is 32.3 Å². The molecule has 66 valence electrons. The van der Waals surface area contributed by atoms with Crippen molar-refractivity contribution in [2.45, 2.75) is 25.3 Å². The van der Waals surface area contributed by atoms with Crippen LogP contribution in [0.1, 0.15) is 19.3 Å². The highest BCUT2D eigenvalue weighted by molar-refractivity contribution is 5.75. The highest BCUT2D eigenvalue weighted by Crippen LogP contribution is 2.16. The number of carbonyl (C=O) groups excluding carboxylic acids is 1. The predicted octanol–water partition coefficient (Wildman–Crippen LogP) is 1.12. The molecular weight excluding hydrogens is 152 g/mol. The Morgan fingerprint density at radius 1 is 1.58 bits per heavy atom. The van der Waals surface area contributed by atoms with Crippen LogP contribution in [0.4, 0.5) is 4.79 Å². The minimum atomic E-state index is 0.113. The van der Waals surface area contributed by atoms with Crippen molar-refractivity contribution in [3.63, 3.8) is 0 Å². The van der Waals surface area contributed by atoms with E-state index < -0.39 is 0 Å². The van der Waals surface area contributed by atoms with E-state index in [4.69, 9.17) is 0 Å². The van der Waals surface area contributed by atoms with Gasteiger partial charge in [0.2, 0.25) is 0 Å². The lowest BCUT2D eigenvalue weighted by Gasteiger charge is -2.29. The minimum Gasteiger partial charge on any atom is -0.338 e. The van der Waals surface area contributed by atoms with Crippen LogP contribution in [-0.2, 0) is 0 Å².